The zero-order valence-corrected chi connectivity index (χ0v) is 13.3. The molecule has 0 heterocycles. The molecule has 0 N–H and O–H groups in total. The quantitative estimate of drug-likeness (QED) is 0.567. The molecule has 0 aliphatic rings. The first-order valence-corrected chi connectivity index (χ1v) is 7.29. The Morgan fingerprint density at radius 3 is 2.24 bits per heavy atom. The third-order valence-electron chi connectivity index (χ3n) is 2.71. The lowest BCUT2D eigenvalue weighted by atomic mass is 10.1. The van der Waals surface area contributed by atoms with Crippen molar-refractivity contribution in [2.24, 2.45) is 0 Å². The molecule has 0 amide bonds. The number of carbonyl (C=O) groups excluding carboxylic acids is 2. The number of hydrogen-bond acceptors (Lipinski definition) is 4. The van der Waals surface area contributed by atoms with Gasteiger partial charge in [-0.2, -0.15) is 0 Å². The molecule has 1 aromatic carbocycles. The smallest absolute Gasteiger partial charge is 0.344 e. The number of benzene rings is 1. The summed E-state index contributed by atoms with van der Waals surface area (Å²) in [5, 5.41) is 0. The third-order valence-corrected chi connectivity index (χ3v) is 2.71. The zero-order chi connectivity index (χ0) is 15.9. The Kier molecular flexibility index (Phi) is 6.40. The Balaban J connectivity index is 2.48. The van der Waals surface area contributed by atoms with E-state index in [1.807, 2.05) is 20.8 Å². The van der Waals surface area contributed by atoms with Gasteiger partial charge in [-0.15, -0.1) is 0 Å². The highest BCUT2D eigenvalue weighted by Crippen LogP contribution is 2.15. The first-order valence-electron chi connectivity index (χ1n) is 7.29. The van der Waals surface area contributed by atoms with Gasteiger partial charge in [0.1, 0.15) is 11.4 Å². The van der Waals surface area contributed by atoms with E-state index in [9.17, 15) is 9.59 Å². The van der Waals surface area contributed by atoms with Gasteiger partial charge in [-0.1, -0.05) is 13.3 Å². The number of unbranched alkanes of at least 4 members (excludes halogenated alkanes) is 1. The highest BCUT2D eigenvalue weighted by molar-refractivity contribution is 5.96. The maximum atomic E-state index is 11.8. The van der Waals surface area contributed by atoms with Gasteiger partial charge in [-0.05, 0) is 51.5 Å². The second-order valence-electron chi connectivity index (χ2n) is 5.93. The van der Waals surface area contributed by atoms with Gasteiger partial charge in [0.05, 0.1) is 0 Å². The van der Waals surface area contributed by atoms with Gasteiger partial charge in [0.2, 0.25) is 0 Å². The third kappa shape index (κ3) is 6.93. The van der Waals surface area contributed by atoms with Gasteiger partial charge in [0, 0.05) is 12.0 Å². The summed E-state index contributed by atoms with van der Waals surface area (Å²) >= 11 is 0. The Bertz CT molecular complexity index is 469. The number of rotatable bonds is 7. The first-order chi connectivity index (χ1) is 9.81. The van der Waals surface area contributed by atoms with Crippen molar-refractivity contribution in [2.45, 2.75) is 52.6 Å². The summed E-state index contributed by atoms with van der Waals surface area (Å²) in [5.74, 6) is 0.272. The molecule has 21 heavy (non-hydrogen) atoms. The molecule has 0 atom stereocenters. The Hall–Kier alpha value is -1.84. The van der Waals surface area contributed by atoms with Gasteiger partial charge in [-0.3, -0.25) is 4.79 Å². The molecule has 4 heteroatoms. The molecule has 1 aromatic rings. The van der Waals surface area contributed by atoms with Crippen molar-refractivity contribution in [2.75, 3.05) is 6.61 Å². The standard InChI is InChI=1S/C17H24O4/c1-5-6-7-15(18)13-8-10-14(11-9-13)20-12-16(19)21-17(2,3)4/h8-11H,5-7,12H2,1-4H3. The number of esters is 1. The van der Waals surface area contributed by atoms with Crippen molar-refractivity contribution in [1.29, 1.82) is 0 Å². The van der Waals surface area contributed by atoms with Gasteiger partial charge in [0.25, 0.3) is 0 Å². The molecule has 116 valence electrons. The molecule has 0 aliphatic heterocycles. The summed E-state index contributed by atoms with van der Waals surface area (Å²) in [7, 11) is 0. The van der Waals surface area contributed by atoms with Gasteiger partial charge in [-0.25, -0.2) is 4.79 Å². The molecule has 0 saturated carbocycles. The van der Waals surface area contributed by atoms with E-state index in [-0.39, 0.29) is 12.4 Å². The summed E-state index contributed by atoms with van der Waals surface area (Å²) in [5.41, 5.74) is 0.156. The topological polar surface area (TPSA) is 52.6 Å². The fourth-order valence-electron chi connectivity index (χ4n) is 1.73. The molecule has 0 aromatic heterocycles. The van der Waals surface area contributed by atoms with Gasteiger partial charge >= 0.3 is 5.97 Å². The number of carbonyl (C=O) groups is 2. The van der Waals surface area contributed by atoms with Crippen LogP contribution in [-0.4, -0.2) is 24.0 Å². The van der Waals surface area contributed by atoms with Crippen LogP contribution in [0.5, 0.6) is 5.75 Å². The van der Waals surface area contributed by atoms with Crippen LogP contribution in [0.3, 0.4) is 0 Å². The van der Waals surface area contributed by atoms with Crippen molar-refractivity contribution in [3.63, 3.8) is 0 Å². The van der Waals surface area contributed by atoms with E-state index in [0.29, 0.717) is 17.7 Å². The molecule has 0 spiro atoms. The van der Waals surface area contributed by atoms with E-state index in [4.69, 9.17) is 9.47 Å². The Labute approximate surface area is 126 Å². The van der Waals surface area contributed by atoms with E-state index in [1.54, 1.807) is 24.3 Å². The molecule has 0 unspecified atom stereocenters. The Morgan fingerprint density at radius 1 is 1.10 bits per heavy atom. The van der Waals surface area contributed by atoms with Crippen LogP contribution in [0.25, 0.3) is 0 Å². The first kappa shape index (κ1) is 17.2. The summed E-state index contributed by atoms with van der Waals surface area (Å²) in [4.78, 5) is 23.3. The van der Waals surface area contributed by atoms with Crippen LogP contribution in [0.1, 0.15) is 57.3 Å². The molecular formula is C17H24O4. The number of hydrogen-bond donors (Lipinski definition) is 0. The number of ketones is 1. The molecule has 0 aliphatic carbocycles. The fraction of sp³-hybridized carbons (Fsp3) is 0.529. The maximum absolute atomic E-state index is 11.8. The van der Waals surface area contributed by atoms with E-state index in [1.165, 1.54) is 0 Å². The van der Waals surface area contributed by atoms with Crippen molar-refractivity contribution < 1.29 is 19.1 Å². The molecule has 0 bridgehead atoms. The van der Waals surface area contributed by atoms with Gasteiger partial charge < -0.3 is 9.47 Å². The SMILES string of the molecule is CCCCC(=O)c1ccc(OCC(=O)OC(C)(C)C)cc1. The minimum absolute atomic E-state index is 0.135. The van der Waals surface area contributed by atoms with Crippen LogP contribution < -0.4 is 4.74 Å². The highest BCUT2D eigenvalue weighted by atomic mass is 16.6. The maximum Gasteiger partial charge on any atom is 0.344 e. The van der Waals surface area contributed by atoms with Crippen LogP contribution in [0.4, 0.5) is 0 Å². The average molecular weight is 292 g/mol. The molecule has 1 rings (SSSR count). The summed E-state index contributed by atoms with van der Waals surface area (Å²) in [6.45, 7) is 7.34. The number of Topliss-reactive ketones (excluding diaryl/α,β-unsaturated/α-hetero) is 1. The lowest BCUT2D eigenvalue weighted by Crippen LogP contribution is -2.27. The van der Waals surface area contributed by atoms with Crippen LogP contribution in [0.15, 0.2) is 24.3 Å². The largest absolute Gasteiger partial charge is 0.482 e. The summed E-state index contributed by atoms with van der Waals surface area (Å²) in [6.07, 6.45) is 2.47. The van der Waals surface area contributed by atoms with Gasteiger partial charge in [0.15, 0.2) is 12.4 Å². The molecule has 0 radical (unpaired) electrons. The summed E-state index contributed by atoms with van der Waals surface area (Å²) < 4.78 is 10.5. The zero-order valence-electron chi connectivity index (χ0n) is 13.3. The average Bonchev–Trinajstić information content (AvgIpc) is 2.41. The molecule has 0 saturated heterocycles. The lowest BCUT2D eigenvalue weighted by molar-refractivity contribution is -0.157. The monoisotopic (exact) mass is 292 g/mol. The van der Waals surface area contributed by atoms with Crippen LogP contribution in [0.2, 0.25) is 0 Å². The van der Waals surface area contributed by atoms with Crippen molar-refractivity contribution >= 4 is 11.8 Å². The lowest BCUT2D eigenvalue weighted by Gasteiger charge is -2.19. The minimum Gasteiger partial charge on any atom is -0.482 e. The number of ether oxygens (including phenoxy) is 2. The van der Waals surface area contributed by atoms with Crippen molar-refractivity contribution in [1.82, 2.24) is 0 Å². The van der Waals surface area contributed by atoms with E-state index < -0.39 is 11.6 Å². The van der Waals surface area contributed by atoms with Crippen LogP contribution >= 0.6 is 0 Å². The second kappa shape index (κ2) is 7.81. The predicted molar refractivity (Wildman–Crippen MR) is 81.6 cm³/mol. The van der Waals surface area contributed by atoms with Crippen molar-refractivity contribution in [3.05, 3.63) is 29.8 Å². The van der Waals surface area contributed by atoms with E-state index in [0.717, 1.165) is 12.8 Å². The summed E-state index contributed by atoms with van der Waals surface area (Å²) in [6, 6.07) is 6.85. The van der Waals surface area contributed by atoms with Crippen LogP contribution in [0, 0.1) is 0 Å². The predicted octanol–water partition coefficient (Wildman–Crippen LogP) is 3.78. The van der Waals surface area contributed by atoms with E-state index >= 15 is 0 Å². The highest BCUT2D eigenvalue weighted by Gasteiger charge is 2.16. The Morgan fingerprint density at radius 2 is 1.71 bits per heavy atom. The normalized spacial score (nSPS) is 11.0. The van der Waals surface area contributed by atoms with E-state index in [2.05, 4.69) is 6.92 Å². The molecular weight excluding hydrogens is 268 g/mol. The molecule has 0 fully saturated rings. The minimum atomic E-state index is -0.518. The van der Waals surface area contributed by atoms with Crippen molar-refractivity contribution in [3.8, 4) is 5.75 Å². The second-order valence-corrected chi connectivity index (χ2v) is 5.93. The van der Waals surface area contributed by atoms with Crippen LogP contribution in [-0.2, 0) is 9.53 Å². The molecule has 4 nitrogen and oxygen atoms in total. The fourth-order valence-corrected chi connectivity index (χ4v) is 1.73.